The van der Waals surface area contributed by atoms with Crippen LogP contribution in [0.4, 0.5) is 0 Å². The first-order valence-electron chi connectivity index (χ1n) is 45.9. The summed E-state index contributed by atoms with van der Waals surface area (Å²) in [5, 5.41) is 111. The number of guanidine groups is 2. The Labute approximate surface area is 839 Å². The number of H-pyrrole nitrogens is 1. The van der Waals surface area contributed by atoms with E-state index in [9.17, 15) is 92.7 Å². The maximum atomic E-state index is 16.0. The Balaban J connectivity index is 1.44. The third-order valence-corrected chi connectivity index (χ3v) is 25.7. The van der Waals surface area contributed by atoms with E-state index in [1.54, 1.807) is 62.4 Å². The first-order valence-corrected chi connectivity index (χ1v) is 49.4. The number of imidazole rings is 1. The fourth-order valence-corrected chi connectivity index (χ4v) is 18.1. The lowest BCUT2D eigenvalue weighted by Crippen LogP contribution is -2.62. The van der Waals surface area contributed by atoms with Gasteiger partial charge in [0.05, 0.1) is 50.9 Å². The second kappa shape index (κ2) is 58.2. The zero-order chi connectivity index (χ0) is 106. The highest BCUT2D eigenvalue weighted by Gasteiger charge is 2.44. The minimum atomic E-state index is -2.14. The second-order valence-corrected chi connectivity index (χ2v) is 38.0. The third kappa shape index (κ3) is 39.4. The number of nitrogens with one attached hydrogen (secondary N) is 20. The van der Waals surface area contributed by atoms with Gasteiger partial charge in [-0.3, -0.25) is 107 Å². The Bertz CT molecular complexity index is 5220. The molecule has 3 aliphatic heterocycles. The highest BCUT2D eigenvalue weighted by molar-refractivity contribution is 7.99. The summed E-state index contributed by atoms with van der Waals surface area (Å²) >= 11 is 2.87. The van der Waals surface area contributed by atoms with Crippen LogP contribution in [0, 0.1) is 16.7 Å². The number of aliphatic hydroxyl groups excluding tert-OH is 2. The normalized spacial score (nSPS) is 24.2. The predicted molar refractivity (Wildman–Crippen MR) is 522 cm³/mol. The first kappa shape index (κ1) is 117. The molecule has 0 spiro atoms. The molecule has 55 heteroatoms. The zero-order valence-corrected chi connectivity index (χ0v) is 81.8. The summed E-state index contributed by atoms with van der Waals surface area (Å²) in [5.74, 6) is -27.8. The molecule has 17 atom stereocenters. The van der Waals surface area contributed by atoms with Crippen molar-refractivity contribution in [2.75, 3.05) is 50.0 Å². The number of aromatic hydroxyl groups is 1. The zero-order valence-electron chi connectivity index (χ0n) is 79.4. The SMILES string of the molecule is CC(C)C[C@@H]1NC(=O)[C@H]([C@@H](C)O)NC(=O)[C@H](Cc2ccc(O)cc2)NC(=O)[C@@H]2CCCN2C(=O)[C@@H]2CSCc3cc(cc(c3)CSC[C@@H](C(=O)NCC(N)=O)NC(=O)[C@@H](CC(=O)O)NC(=O)[C@H](Cc3cnc[nH]3)NC1=O)CSC[C@H](NC(=O)[C@H](C)N)C(=O)N[C@@H](CO)C(=O)N[C@@H](CC(=O)O)C(=O)N[C@@H](CCCNC(=N)N)C(=O)N[C@@H](Cc1ccccc1)C(=O)N[C@@H](CCCNC(=N)N)C(=O)N[C@@H](CC(N)=O)C(=O)N2. The van der Waals surface area contributed by atoms with Crippen molar-refractivity contribution in [3.8, 4) is 5.75 Å². The number of carboxylic acid groups (broad SMARTS) is 2. The van der Waals surface area contributed by atoms with Crippen LogP contribution in [0.25, 0.3) is 0 Å². The van der Waals surface area contributed by atoms with Crippen molar-refractivity contribution in [1.29, 1.82) is 10.8 Å². The number of thioether (sulfide) groups is 3. The number of phenolic OH excluding ortho intramolecular Hbond substituents is 1. The molecule has 786 valence electrons. The lowest BCUT2D eigenvalue weighted by Gasteiger charge is -2.31. The summed E-state index contributed by atoms with van der Waals surface area (Å²) in [4.78, 5) is 297. The number of amides is 18. The van der Waals surface area contributed by atoms with Gasteiger partial charge in [-0.2, -0.15) is 35.3 Å². The van der Waals surface area contributed by atoms with Crippen LogP contribution < -0.4 is 119 Å². The number of hydrogen-bond acceptors (Lipinski definition) is 30. The molecule has 0 unspecified atom stereocenters. The van der Waals surface area contributed by atoms with Gasteiger partial charge in [-0.15, -0.1) is 0 Å². The van der Waals surface area contributed by atoms with E-state index in [1.165, 1.54) is 43.7 Å². The molecule has 1 fully saturated rings. The molecule has 1 saturated heterocycles. The molecular formula is C89H127N27O25S3. The van der Waals surface area contributed by atoms with E-state index in [0.717, 1.165) is 47.1 Å². The van der Waals surface area contributed by atoms with Crippen LogP contribution >= 0.6 is 35.3 Å². The Morgan fingerprint density at radius 3 is 1.44 bits per heavy atom. The quantitative estimate of drug-likeness (QED) is 0.0136. The summed E-state index contributed by atoms with van der Waals surface area (Å²) in [6, 6.07) is -10.7. The number of carboxylic acids is 2. The summed E-state index contributed by atoms with van der Waals surface area (Å²) in [7, 11) is 0. The van der Waals surface area contributed by atoms with Gasteiger partial charge in [0.25, 0.3) is 0 Å². The Hall–Kier alpha value is -14.5. The summed E-state index contributed by atoms with van der Waals surface area (Å²) < 4.78 is 0. The van der Waals surface area contributed by atoms with E-state index in [4.69, 9.17) is 39.5 Å². The second-order valence-electron chi connectivity index (χ2n) is 34.9. The summed E-state index contributed by atoms with van der Waals surface area (Å²) in [6.45, 7) is 3.12. The highest BCUT2D eigenvalue weighted by atomic mass is 32.2. The molecule has 52 nitrogen and oxygen atoms in total. The van der Waals surface area contributed by atoms with Crippen molar-refractivity contribution >= 4 is 165 Å². The number of carbonyl (C=O) groups excluding carboxylic acids is 18. The lowest BCUT2D eigenvalue weighted by atomic mass is 10.0. The molecule has 0 saturated carbocycles. The van der Waals surface area contributed by atoms with Crippen LogP contribution in [0.3, 0.4) is 0 Å². The Morgan fingerprint density at radius 2 is 0.944 bits per heavy atom. The Morgan fingerprint density at radius 1 is 0.500 bits per heavy atom. The van der Waals surface area contributed by atoms with E-state index >= 15 is 28.8 Å². The van der Waals surface area contributed by atoms with Crippen molar-refractivity contribution in [3.05, 3.63) is 119 Å². The molecule has 3 aromatic carbocycles. The molecule has 1 aromatic heterocycles. The molecule has 4 bridgehead atoms. The monoisotopic (exact) mass is 2070 g/mol. The van der Waals surface area contributed by atoms with Gasteiger partial charge in [-0.05, 0) is 105 Å². The minimum absolute atomic E-state index is 0.0695. The highest BCUT2D eigenvalue weighted by Crippen LogP contribution is 2.28. The number of carbonyl (C=O) groups is 20. The molecule has 3 aliphatic rings. The van der Waals surface area contributed by atoms with Crippen LogP contribution in [0.1, 0.15) is 125 Å². The van der Waals surface area contributed by atoms with Gasteiger partial charge in [0.2, 0.25) is 106 Å². The smallest absolute Gasteiger partial charge is 0.305 e. The van der Waals surface area contributed by atoms with Crippen molar-refractivity contribution in [2.24, 2.45) is 34.6 Å². The summed E-state index contributed by atoms with van der Waals surface area (Å²) in [6.07, 6.45) is -5.34. The number of hydrogen-bond donors (Lipinski definition) is 30. The number of phenols is 1. The van der Waals surface area contributed by atoms with Crippen molar-refractivity contribution in [3.63, 3.8) is 0 Å². The maximum absolute atomic E-state index is 16.0. The van der Waals surface area contributed by atoms with Gasteiger partial charge >= 0.3 is 11.9 Å². The number of fused-ring (bicyclic) bond motifs is 6. The van der Waals surface area contributed by atoms with Crippen molar-refractivity contribution in [2.45, 2.75) is 231 Å². The van der Waals surface area contributed by atoms with Crippen LogP contribution in [0.2, 0.25) is 0 Å². The van der Waals surface area contributed by atoms with E-state index in [-0.39, 0.29) is 86.0 Å². The largest absolute Gasteiger partial charge is 0.508 e. The number of benzene rings is 3. The van der Waals surface area contributed by atoms with E-state index < -0.39 is 321 Å². The van der Waals surface area contributed by atoms with Gasteiger partial charge in [-0.1, -0.05) is 74.5 Å². The van der Waals surface area contributed by atoms with Crippen LogP contribution in [-0.2, 0) is 132 Å². The third-order valence-electron chi connectivity index (χ3n) is 22.4. The van der Waals surface area contributed by atoms with Gasteiger partial charge in [0.15, 0.2) is 11.9 Å². The standard InChI is InChI=1S/C89H127N27O25S3/c1-43(2)23-55-76(130)105-58(29-51-33-97-42-101-51)78(132)107-61(32-70(124)125)81(135)113-63(73(127)100-34-68(92)121)39-142-36-48-24-49-26-50(25-48)38-144-41-65(87(141)116-22-10-15-66(116)85(139)109-57(28-47-16-18-52(119)19-17-47)82(136)115-71(45(4)118)86(140)110-55)114-79(133)59(30-67(91)120)106-75(129)54(14-9-21-99-89(95)96)102-77(131)56(27-46-11-6-5-7-12-46)104-74(128)53(13-8-20-98-88(93)94)103-80(134)60(31-69(122)123)108-83(137)62(35-117)111-84(138)64(40-143-37-49)112-72(126)44(3)90/h5-7,11-12,16-19,24-26,33,42-45,53-66,71,117-119H,8-10,13-15,20-23,27-32,34-41,90H2,1-4H3,(H2,91,120)(H2,92,121)(H,97,101)(H,100,127)(H,102,131)(H,103,134)(H,104,128)(H,105,130)(H,106,129)(H,107,132)(H,108,137)(H,109,139)(H,110,140)(H,111,138)(H,112,126)(H,113,135)(H,114,133)(H,115,136)(H,122,123)(H,124,125)(H4,93,94,98)(H4,95,96,99)/t44-,45+,53-,54-,55-,56-,57-,58-,59-,60-,61+,62-,63-,64-,65-,66-,71-/m0/s1. The topological polar surface area (TPSA) is 857 Å². The average molecular weight is 2070 g/mol. The van der Waals surface area contributed by atoms with Crippen molar-refractivity contribution < 1.29 is 121 Å². The number of aliphatic carboxylic acids is 2. The molecule has 144 heavy (non-hydrogen) atoms. The number of aromatic amines is 1. The average Bonchev–Trinajstić information content (AvgIpc) is 1.65. The van der Waals surface area contributed by atoms with Gasteiger partial charge < -0.3 is 154 Å². The molecule has 4 heterocycles. The molecule has 0 aliphatic carbocycles. The van der Waals surface area contributed by atoms with Gasteiger partial charge in [0, 0.05) is 85.3 Å². The first-order chi connectivity index (χ1) is 68.2. The number of primary amides is 2. The maximum Gasteiger partial charge on any atom is 0.305 e. The molecule has 7 rings (SSSR count). The molecule has 0 radical (unpaired) electrons. The predicted octanol–water partition coefficient (Wildman–Crippen LogP) is -8.93. The van der Waals surface area contributed by atoms with Crippen LogP contribution in [0.5, 0.6) is 5.75 Å². The van der Waals surface area contributed by atoms with Crippen molar-refractivity contribution in [1.82, 2.24) is 105 Å². The summed E-state index contributed by atoms with van der Waals surface area (Å²) in [5.41, 5.74) is 30.5. The van der Waals surface area contributed by atoms with Gasteiger partial charge in [-0.25, -0.2) is 4.98 Å². The van der Waals surface area contributed by atoms with E-state index in [2.05, 4.69) is 100 Å². The van der Waals surface area contributed by atoms with Crippen LogP contribution in [0.15, 0.2) is 85.3 Å². The molecular weight excluding hydrogens is 1940 g/mol. The number of aromatic nitrogens is 2. The van der Waals surface area contributed by atoms with Gasteiger partial charge in [0.1, 0.15) is 96.4 Å². The fraction of sp³-hybridized carbons (Fsp3) is 0.517. The molecule has 35 N–H and O–H groups in total. The Kier molecular flexibility index (Phi) is 47.1. The number of aliphatic hydroxyl groups is 2. The number of nitrogens with zero attached hydrogens (tertiary/aromatic N) is 2. The lowest BCUT2D eigenvalue weighted by molar-refractivity contribution is -0.142. The number of rotatable bonds is 29. The van der Waals surface area contributed by atoms with E-state index in [1.807, 2.05) is 0 Å². The minimum Gasteiger partial charge on any atom is -0.508 e. The molecule has 18 amide bonds. The van der Waals surface area contributed by atoms with Crippen LogP contribution in [-0.4, -0.2) is 323 Å². The molecule has 4 aromatic rings. The fourth-order valence-electron chi connectivity index (χ4n) is 15.2. The van der Waals surface area contributed by atoms with E-state index in [0.29, 0.717) is 22.3 Å². The number of nitrogens with two attached hydrogens (primary N) is 5.